The Bertz CT molecular complexity index is 921. The molecule has 0 aliphatic carbocycles. The molecule has 0 saturated carbocycles. The van der Waals surface area contributed by atoms with E-state index in [2.05, 4.69) is 13.2 Å². The molecule has 0 aromatic rings. The first-order valence-corrected chi connectivity index (χ1v) is 13.6. The van der Waals surface area contributed by atoms with Crippen molar-refractivity contribution in [2.24, 2.45) is 4.99 Å². The molecule has 7 atom stereocenters. The highest BCUT2D eigenvalue weighted by atomic mass is 32.2. The summed E-state index contributed by atoms with van der Waals surface area (Å²) >= 11 is 2.95. The van der Waals surface area contributed by atoms with E-state index < -0.39 is 41.5 Å². The Morgan fingerprint density at radius 1 is 1.19 bits per heavy atom. The maximum absolute atomic E-state index is 12.7. The van der Waals surface area contributed by atoms with Crippen molar-refractivity contribution >= 4 is 34.8 Å². The molecule has 36 heavy (non-hydrogen) atoms. The van der Waals surface area contributed by atoms with Crippen LogP contribution in [0.15, 0.2) is 41.3 Å². The normalized spacial score (nSPS) is 36.4. The van der Waals surface area contributed by atoms with Gasteiger partial charge in [0, 0.05) is 31.9 Å². The fraction of sp³-hybridized carbons (Fsp3) is 0.680. The van der Waals surface area contributed by atoms with E-state index >= 15 is 0 Å². The largest absolute Gasteiger partial charge is 0.443 e. The van der Waals surface area contributed by atoms with Gasteiger partial charge in [0.15, 0.2) is 5.17 Å². The summed E-state index contributed by atoms with van der Waals surface area (Å²) in [5, 5.41) is 0.493. The molecule has 3 aliphatic heterocycles. The van der Waals surface area contributed by atoms with Crippen LogP contribution in [0.5, 0.6) is 0 Å². The molecule has 202 valence electrons. The Labute approximate surface area is 222 Å². The molecule has 0 N–H and O–H groups in total. The molecule has 3 rings (SSSR count). The number of fused-ring (bicyclic) bond motifs is 3. The summed E-state index contributed by atoms with van der Waals surface area (Å²) in [6.07, 6.45) is 3.52. The third-order valence-corrected chi connectivity index (χ3v) is 8.62. The molecule has 2 fully saturated rings. The molecular formula is C25H38N2O7S2. The topological polar surface area (TPSA) is 88.1 Å². The zero-order chi connectivity index (χ0) is 26.9. The first-order chi connectivity index (χ1) is 16.8. The Balaban J connectivity index is 1.91. The molecule has 0 bridgehead atoms. The van der Waals surface area contributed by atoms with E-state index in [0.29, 0.717) is 10.9 Å². The van der Waals surface area contributed by atoms with Gasteiger partial charge in [0.2, 0.25) is 11.6 Å². The van der Waals surface area contributed by atoms with Crippen LogP contribution in [0, 0.1) is 0 Å². The lowest BCUT2D eigenvalue weighted by Gasteiger charge is -2.56. The molecule has 0 aromatic carbocycles. The summed E-state index contributed by atoms with van der Waals surface area (Å²) in [4.78, 5) is 19.9. The molecule has 2 saturated heterocycles. The van der Waals surface area contributed by atoms with Crippen molar-refractivity contribution in [2.75, 3.05) is 27.0 Å². The number of methoxy groups -OCH3 is 2. The van der Waals surface area contributed by atoms with E-state index in [-0.39, 0.29) is 11.5 Å². The van der Waals surface area contributed by atoms with Gasteiger partial charge >= 0.3 is 6.09 Å². The molecule has 7 unspecified atom stereocenters. The third kappa shape index (κ3) is 5.87. The minimum absolute atomic E-state index is 0.362. The number of thioether (sulfide) groups is 2. The highest BCUT2D eigenvalue weighted by molar-refractivity contribution is 8.14. The average molecular weight is 543 g/mol. The minimum Gasteiger partial charge on any atom is -0.443 e. The van der Waals surface area contributed by atoms with Crippen LogP contribution in [0.4, 0.5) is 4.79 Å². The SMILES string of the molecule is C=CC=C(C=C)SCC1OC2SC(N(C)C(=O)OC(C)(C)C)=NC2C2OC(C)(OC)C(C)(OC)OC12. The summed E-state index contributed by atoms with van der Waals surface area (Å²) in [6, 6.07) is -0.431. The van der Waals surface area contributed by atoms with Crippen molar-refractivity contribution in [2.45, 2.75) is 81.6 Å². The maximum atomic E-state index is 12.7. The first kappa shape index (κ1) is 29.2. The van der Waals surface area contributed by atoms with Crippen molar-refractivity contribution in [3.8, 4) is 0 Å². The Hall–Kier alpha value is -1.34. The second-order valence-electron chi connectivity index (χ2n) is 9.89. The molecule has 9 nitrogen and oxygen atoms in total. The second-order valence-corrected chi connectivity index (χ2v) is 12.0. The molecule has 11 heteroatoms. The van der Waals surface area contributed by atoms with Gasteiger partial charge in [-0.2, -0.15) is 0 Å². The van der Waals surface area contributed by atoms with Crippen molar-refractivity contribution in [1.82, 2.24) is 4.90 Å². The number of amides is 1. The zero-order valence-electron chi connectivity index (χ0n) is 22.3. The first-order valence-electron chi connectivity index (χ1n) is 11.7. The number of hydrogen-bond acceptors (Lipinski definition) is 10. The highest BCUT2D eigenvalue weighted by Crippen LogP contribution is 2.48. The second kappa shape index (κ2) is 11.2. The van der Waals surface area contributed by atoms with Gasteiger partial charge < -0.3 is 28.4 Å². The maximum Gasteiger partial charge on any atom is 0.416 e. The number of amidine groups is 1. The van der Waals surface area contributed by atoms with E-state index in [1.807, 2.05) is 26.8 Å². The summed E-state index contributed by atoms with van der Waals surface area (Å²) in [5.41, 5.74) is -1.01. The fourth-order valence-electron chi connectivity index (χ4n) is 4.04. The van der Waals surface area contributed by atoms with E-state index in [4.69, 9.17) is 33.4 Å². The van der Waals surface area contributed by atoms with Gasteiger partial charge in [-0.15, -0.1) is 11.8 Å². The third-order valence-electron chi connectivity index (χ3n) is 6.27. The number of aliphatic imine (C=N–C) groups is 1. The smallest absolute Gasteiger partial charge is 0.416 e. The lowest BCUT2D eigenvalue weighted by atomic mass is 9.94. The summed E-state index contributed by atoms with van der Waals surface area (Å²) in [5.74, 6) is -1.82. The Morgan fingerprint density at radius 3 is 2.33 bits per heavy atom. The van der Waals surface area contributed by atoms with Crippen molar-refractivity contribution in [3.63, 3.8) is 0 Å². The van der Waals surface area contributed by atoms with Gasteiger partial charge in [-0.1, -0.05) is 37.1 Å². The van der Waals surface area contributed by atoms with Crippen molar-refractivity contribution in [1.29, 1.82) is 0 Å². The lowest BCUT2D eigenvalue weighted by molar-refractivity contribution is -0.462. The minimum atomic E-state index is -1.20. The van der Waals surface area contributed by atoms with E-state index in [1.165, 1.54) is 16.7 Å². The van der Waals surface area contributed by atoms with Gasteiger partial charge in [0.25, 0.3) is 0 Å². The number of allylic oxidation sites excluding steroid dienone is 3. The summed E-state index contributed by atoms with van der Waals surface area (Å²) in [7, 11) is 4.74. The van der Waals surface area contributed by atoms with Crippen LogP contribution in [-0.2, 0) is 28.4 Å². The number of carbonyl (C=O) groups is 1. The van der Waals surface area contributed by atoms with Gasteiger partial charge in [-0.25, -0.2) is 4.79 Å². The van der Waals surface area contributed by atoms with E-state index in [1.54, 1.807) is 59.0 Å². The monoisotopic (exact) mass is 542 g/mol. The lowest BCUT2D eigenvalue weighted by Crippen LogP contribution is -2.71. The average Bonchev–Trinajstić information content (AvgIpc) is 3.25. The van der Waals surface area contributed by atoms with Gasteiger partial charge in [-0.3, -0.25) is 9.89 Å². The van der Waals surface area contributed by atoms with E-state index in [9.17, 15) is 4.79 Å². The van der Waals surface area contributed by atoms with Crippen LogP contribution in [0.3, 0.4) is 0 Å². The molecule has 1 amide bonds. The molecule has 3 aliphatic rings. The molecule has 0 spiro atoms. The number of carbonyl (C=O) groups excluding carboxylic acids is 1. The number of hydrogen-bond donors (Lipinski definition) is 0. The molecule has 0 radical (unpaired) electrons. The molecule has 0 aromatic heterocycles. The fourth-order valence-corrected chi connectivity index (χ4v) is 6.15. The zero-order valence-corrected chi connectivity index (χ0v) is 23.9. The Kier molecular flexibility index (Phi) is 9.08. The van der Waals surface area contributed by atoms with Crippen LogP contribution in [0.1, 0.15) is 34.6 Å². The van der Waals surface area contributed by atoms with Crippen LogP contribution >= 0.6 is 23.5 Å². The molecular weight excluding hydrogens is 504 g/mol. The van der Waals surface area contributed by atoms with E-state index in [0.717, 1.165) is 4.91 Å². The van der Waals surface area contributed by atoms with Crippen LogP contribution in [0.25, 0.3) is 0 Å². The van der Waals surface area contributed by atoms with Crippen molar-refractivity contribution < 1.29 is 33.2 Å². The number of ether oxygens (including phenoxy) is 6. The summed E-state index contributed by atoms with van der Waals surface area (Å²) in [6.45, 7) is 16.7. The standard InChI is InChI=1S/C25H38N2O7S2/c1-11-13-15(12-2)35-14-16-18-19(33-25(7,30-10)24(6,29-9)32-18)17-20(31-16)36-21(26-17)27(8)22(28)34-23(3,4)5/h11-13,16-20H,1-2,14H2,3-10H3. The quantitative estimate of drug-likeness (QED) is 0.430. The number of nitrogens with zero attached hydrogens (tertiary/aromatic N) is 2. The molecule has 3 heterocycles. The van der Waals surface area contributed by atoms with Crippen LogP contribution in [-0.4, -0.2) is 90.1 Å². The van der Waals surface area contributed by atoms with Crippen LogP contribution < -0.4 is 0 Å². The van der Waals surface area contributed by atoms with Crippen LogP contribution in [0.2, 0.25) is 0 Å². The summed E-state index contributed by atoms with van der Waals surface area (Å²) < 4.78 is 36.6. The Morgan fingerprint density at radius 2 is 1.81 bits per heavy atom. The van der Waals surface area contributed by atoms with Gasteiger partial charge in [0.1, 0.15) is 29.3 Å². The predicted molar refractivity (Wildman–Crippen MR) is 143 cm³/mol. The highest BCUT2D eigenvalue weighted by Gasteiger charge is 2.63. The number of rotatable bonds is 7. The van der Waals surface area contributed by atoms with Gasteiger partial charge in [-0.05, 0) is 40.7 Å². The van der Waals surface area contributed by atoms with Crippen molar-refractivity contribution in [3.05, 3.63) is 36.3 Å². The van der Waals surface area contributed by atoms with Gasteiger partial charge in [0.05, 0.1) is 6.10 Å². The predicted octanol–water partition coefficient (Wildman–Crippen LogP) is 4.55.